The fraction of sp³-hybridized carbons (Fsp3) is 0.500. The van der Waals surface area contributed by atoms with E-state index in [9.17, 15) is 9.90 Å². The molecule has 0 aliphatic rings. The van der Waals surface area contributed by atoms with Crippen molar-refractivity contribution in [3.63, 3.8) is 0 Å². The van der Waals surface area contributed by atoms with E-state index in [-0.39, 0.29) is 18.4 Å². The fourth-order valence-electron chi connectivity index (χ4n) is 1.83. The number of ether oxygens (including phenoxy) is 1. The summed E-state index contributed by atoms with van der Waals surface area (Å²) < 4.78 is 5.40. The largest absolute Gasteiger partial charge is 0.389 e. The van der Waals surface area contributed by atoms with Crippen LogP contribution in [-0.2, 0) is 9.53 Å². The van der Waals surface area contributed by atoms with Crippen molar-refractivity contribution in [1.29, 1.82) is 0 Å². The Morgan fingerprint density at radius 2 is 2.00 bits per heavy atom. The molecule has 0 bridgehead atoms. The molecule has 0 fully saturated rings. The van der Waals surface area contributed by atoms with Crippen LogP contribution in [0.25, 0.3) is 6.08 Å². The maximum absolute atomic E-state index is 11.3. The van der Waals surface area contributed by atoms with E-state index in [1.807, 2.05) is 56.3 Å². The van der Waals surface area contributed by atoms with Crippen molar-refractivity contribution in [2.24, 2.45) is 5.92 Å². The van der Waals surface area contributed by atoms with E-state index < -0.39 is 6.10 Å². The smallest absolute Gasteiger partial charge is 0.222 e. The lowest BCUT2D eigenvalue weighted by Gasteiger charge is -2.12. The van der Waals surface area contributed by atoms with Gasteiger partial charge < -0.3 is 20.5 Å². The van der Waals surface area contributed by atoms with Gasteiger partial charge in [-0.05, 0) is 5.56 Å². The first-order valence-electron chi connectivity index (χ1n) is 8.05. The van der Waals surface area contributed by atoms with Gasteiger partial charge in [0.05, 0.1) is 19.3 Å². The van der Waals surface area contributed by atoms with Gasteiger partial charge in [-0.1, -0.05) is 56.3 Å². The molecule has 0 saturated carbocycles. The van der Waals surface area contributed by atoms with Gasteiger partial charge in [-0.25, -0.2) is 0 Å². The molecule has 1 amide bonds. The normalized spacial score (nSPS) is 12.7. The standard InChI is InChI=1S/C18H28N2O3/c1-15(2)18(22)20-11-10-19-13-17(21)14-23-12-6-9-16-7-4-3-5-8-16/h3-9,15,17,19,21H,10-14H2,1-2H3,(H,20,22)/b9-6+. The van der Waals surface area contributed by atoms with Crippen LogP contribution in [0.1, 0.15) is 19.4 Å². The molecule has 3 N–H and O–H groups in total. The van der Waals surface area contributed by atoms with Crippen molar-refractivity contribution in [2.75, 3.05) is 32.8 Å². The van der Waals surface area contributed by atoms with Crippen LogP contribution < -0.4 is 10.6 Å². The van der Waals surface area contributed by atoms with Crippen molar-refractivity contribution >= 4 is 12.0 Å². The number of carbonyl (C=O) groups is 1. The molecule has 0 spiro atoms. The second kappa shape index (κ2) is 11.8. The van der Waals surface area contributed by atoms with Gasteiger partial charge >= 0.3 is 0 Å². The van der Waals surface area contributed by atoms with E-state index in [0.717, 1.165) is 5.56 Å². The number of hydrogen-bond donors (Lipinski definition) is 3. The third-order valence-corrected chi connectivity index (χ3v) is 3.14. The predicted molar refractivity (Wildman–Crippen MR) is 93.0 cm³/mol. The summed E-state index contributed by atoms with van der Waals surface area (Å²) in [5.74, 6) is 0.0406. The predicted octanol–water partition coefficient (Wildman–Crippen LogP) is 1.44. The Hall–Kier alpha value is -1.69. The van der Waals surface area contributed by atoms with Crippen molar-refractivity contribution in [3.8, 4) is 0 Å². The topological polar surface area (TPSA) is 70.6 Å². The SMILES string of the molecule is CC(C)C(=O)NCCNCC(O)COC/C=C/c1ccccc1. The van der Waals surface area contributed by atoms with E-state index in [2.05, 4.69) is 10.6 Å². The van der Waals surface area contributed by atoms with Crippen LogP contribution in [0, 0.1) is 5.92 Å². The number of hydrogen-bond acceptors (Lipinski definition) is 4. The zero-order valence-corrected chi connectivity index (χ0v) is 14.0. The van der Waals surface area contributed by atoms with Crippen molar-refractivity contribution in [3.05, 3.63) is 42.0 Å². The van der Waals surface area contributed by atoms with E-state index >= 15 is 0 Å². The highest BCUT2D eigenvalue weighted by Gasteiger charge is 2.06. The van der Waals surface area contributed by atoms with Crippen LogP contribution in [0.3, 0.4) is 0 Å². The maximum Gasteiger partial charge on any atom is 0.222 e. The van der Waals surface area contributed by atoms with Gasteiger partial charge in [0.1, 0.15) is 0 Å². The lowest BCUT2D eigenvalue weighted by molar-refractivity contribution is -0.123. The average molecular weight is 320 g/mol. The van der Waals surface area contributed by atoms with Crippen LogP contribution in [0.2, 0.25) is 0 Å². The minimum atomic E-state index is -0.555. The second-order valence-corrected chi connectivity index (χ2v) is 5.65. The number of aliphatic hydroxyl groups is 1. The third kappa shape index (κ3) is 9.84. The molecule has 0 heterocycles. The summed E-state index contributed by atoms with van der Waals surface area (Å²) >= 11 is 0. The van der Waals surface area contributed by atoms with Crippen LogP contribution in [0.5, 0.6) is 0 Å². The summed E-state index contributed by atoms with van der Waals surface area (Å²) in [5, 5.41) is 15.7. The summed E-state index contributed by atoms with van der Waals surface area (Å²) in [6, 6.07) is 9.99. The third-order valence-electron chi connectivity index (χ3n) is 3.14. The molecule has 1 aromatic carbocycles. The Bertz CT molecular complexity index is 461. The Labute approximate surface area is 138 Å². The highest BCUT2D eigenvalue weighted by molar-refractivity contribution is 5.77. The van der Waals surface area contributed by atoms with E-state index in [0.29, 0.717) is 26.2 Å². The van der Waals surface area contributed by atoms with Gasteiger partial charge in [0.15, 0.2) is 0 Å². The minimum Gasteiger partial charge on any atom is -0.389 e. The highest BCUT2D eigenvalue weighted by Crippen LogP contribution is 2.00. The molecule has 5 nitrogen and oxygen atoms in total. The van der Waals surface area contributed by atoms with Gasteiger partial charge in [-0.2, -0.15) is 0 Å². The number of nitrogens with one attached hydrogen (secondary N) is 2. The first kappa shape index (κ1) is 19.4. The summed E-state index contributed by atoms with van der Waals surface area (Å²) in [6.07, 6.45) is 3.36. The number of benzene rings is 1. The maximum atomic E-state index is 11.3. The van der Waals surface area contributed by atoms with Crippen molar-refractivity contribution < 1.29 is 14.6 Å². The number of amides is 1. The van der Waals surface area contributed by atoms with Crippen LogP contribution in [0.4, 0.5) is 0 Å². The lowest BCUT2D eigenvalue weighted by Crippen LogP contribution is -2.37. The van der Waals surface area contributed by atoms with Crippen molar-refractivity contribution in [2.45, 2.75) is 20.0 Å². The van der Waals surface area contributed by atoms with Gasteiger partial charge in [0.25, 0.3) is 0 Å². The van der Waals surface area contributed by atoms with Crippen LogP contribution in [0.15, 0.2) is 36.4 Å². The van der Waals surface area contributed by atoms with Crippen LogP contribution >= 0.6 is 0 Å². The Morgan fingerprint density at radius 3 is 2.70 bits per heavy atom. The molecule has 1 rings (SSSR count). The molecule has 0 aliphatic heterocycles. The minimum absolute atomic E-state index is 0.00192. The molecule has 0 saturated heterocycles. The molecule has 1 unspecified atom stereocenters. The van der Waals surface area contributed by atoms with E-state index in [1.165, 1.54) is 0 Å². The molecular weight excluding hydrogens is 292 g/mol. The molecule has 128 valence electrons. The number of rotatable bonds is 11. The monoisotopic (exact) mass is 320 g/mol. The lowest BCUT2D eigenvalue weighted by atomic mass is 10.2. The Kier molecular flexibility index (Phi) is 9.95. The molecule has 0 aromatic heterocycles. The first-order valence-corrected chi connectivity index (χ1v) is 8.05. The Morgan fingerprint density at radius 1 is 1.26 bits per heavy atom. The average Bonchev–Trinajstić information content (AvgIpc) is 2.54. The first-order chi connectivity index (χ1) is 11.1. The van der Waals surface area contributed by atoms with Gasteiger partial charge in [-0.15, -0.1) is 0 Å². The Balaban J connectivity index is 1.99. The number of aliphatic hydroxyl groups excluding tert-OH is 1. The van der Waals surface area contributed by atoms with Crippen molar-refractivity contribution in [1.82, 2.24) is 10.6 Å². The van der Waals surface area contributed by atoms with Gasteiger partial charge in [0, 0.05) is 25.6 Å². The zero-order valence-electron chi connectivity index (χ0n) is 14.0. The second-order valence-electron chi connectivity index (χ2n) is 5.65. The van der Waals surface area contributed by atoms with E-state index in [1.54, 1.807) is 0 Å². The molecule has 0 aliphatic carbocycles. The summed E-state index contributed by atoms with van der Waals surface area (Å²) in [4.78, 5) is 11.3. The molecule has 23 heavy (non-hydrogen) atoms. The fourth-order valence-corrected chi connectivity index (χ4v) is 1.83. The number of carbonyl (C=O) groups excluding carboxylic acids is 1. The molecular formula is C18H28N2O3. The summed E-state index contributed by atoms with van der Waals surface area (Å²) in [7, 11) is 0. The zero-order chi connectivity index (χ0) is 16.9. The molecule has 1 aromatic rings. The molecule has 0 radical (unpaired) electrons. The van der Waals surface area contributed by atoms with Gasteiger partial charge in [-0.3, -0.25) is 4.79 Å². The molecule has 1 atom stereocenters. The highest BCUT2D eigenvalue weighted by atomic mass is 16.5. The van der Waals surface area contributed by atoms with E-state index in [4.69, 9.17) is 4.74 Å². The summed E-state index contributed by atoms with van der Waals surface area (Å²) in [6.45, 7) is 6.10. The molecule has 5 heteroatoms. The van der Waals surface area contributed by atoms with Crippen LogP contribution in [-0.4, -0.2) is 50.0 Å². The quantitative estimate of drug-likeness (QED) is 0.540. The van der Waals surface area contributed by atoms with Gasteiger partial charge in [0.2, 0.25) is 5.91 Å². The summed E-state index contributed by atoms with van der Waals surface area (Å²) in [5.41, 5.74) is 1.13.